The molecular weight excluding hydrogens is 334 g/mol. The molecule has 1 amide bonds. The molecule has 2 rings (SSSR count). The summed E-state index contributed by atoms with van der Waals surface area (Å²) in [7, 11) is 0. The first-order valence-electron chi connectivity index (χ1n) is 8.35. The van der Waals surface area contributed by atoms with E-state index in [1.165, 1.54) is 31.2 Å². The molecule has 0 aromatic heterocycles. The van der Waals surface area contributed by atoms with Gasteiger partial charge in [-0.3, -0.25) is 9.59 Å². The predicted molar refractivity (Wildman–Crippen MR) is 97.3 cm³/mol. The molecule has 1 atom stereocenters. The predicted octanol–water partition coefficient (Wildman–Crippen LogP) is 3.56. The number of phenolic OH excluding ortho intramolecular Hbond substituents is 1. The number of nitrogens with one attached hydrogen (secondary N) is 1. The van der Waals surface area contributed by atoms with Gasteiger partial charge in [-0.1, -0.05) is 6.92 Å². The van der Waals surface area contributed by atoms with Crippen molar-refractivity contribution in [3.8, 4) is 5.75 Å². The minimum atomic E-state index is -0.961. The number of carbonyl (C=O) groups is 3. The third kappa shape index (κ3) is 5.17. The normalized spacial score (nSPS) is 11.5. The number of Topliss-reactive ketones (excluding diaryl/α,β-unsaturated/α-hetero) is 1. The zero-order valence-corrected chi connectivity index (χ0v) is 14.7. The Morgan fingerprint density at radius 3 is 2.15 bits per heavy atom. The standard InChI is InChI=1S/C20H21NO5/c1-3-4-18(23)21-16-9-5-14(6-10-16)19(24)13(2)26-20(25)15-7-11-17(22)12-8-15/h5-13,22H,3-4H2,1-2H3,(H,21,23). The molecule has 0 saturated heterocycles. The maximum absolute atomic E-state index is 12.4. The molecule has 0 saturated carbocycles. The largest absolute Gasteiger partial charge is 0.508 e. The number of anilines is 1. The Hall–Kier alpha value is -3.15. The van der Waals surface area contributed by atoms with Crippen molar-refractivity contribution in [2.45, 2.75) is 32.8 Å². The summed E-state index contributed by atoms with van der Waals surface area (Å²) in [6, 6.07) is 12.0. The fourth-order valence-electron chi connectivity index (χ4n) is 2.28. The number of esters is 1. The van der Waals surface area contributed by atoms with Gasteiger partial charge in [-0.05, 0) is 61.9 Å². The van der Waals surface area contributed by atoms with E-state index in [0.29, 0.717) is 17.7 Å². The van der Waals surface area contributed by atoms with Crippen LogP contribution in [0.2, 0.25) is 0 Å². The lowest BCUT2D eigenvalue weighted by Crippen LogP contribution is -2.24. The third-order valence-electron chi connectivity index (χ3n) is 3.69. The zero-order chi connectivity index (χ0) is 19.1. The van der Waals surface area contributed by atoms with Gasteiger partial charge in [-0.15, -0.1) is 0 Å². The summed E-state index contributed by atoms with van der Waals surface area (Å²) in [5.74, 6) is -1.03. The molecule has 0 aliphatic carbocycles. The van der Waals surface area contributed by atoms with Crippen LogP contribution in [-0.4, -0.2) is 28.9 Å². The van der Waals surface area contributed by atoms with Crippen LogP contribution in [-0.2, 0) is 9.53 Å². The number of ether oxygens (including phenoxy) is 1. The van der Waals surface area contributed by atoms with Gasteiger partial charge in [0.2, 0.25) is 11.7 Å². The van der Waals surface area contributed by atoms with Crippen molar-refractivity contribution in [3.63, 3.8) is 0 Å². The zero-order valence-electron chi connectivity index (χ0n) is 14.7. The second-order valence-corrected chi connectivity index (χ2v) is 5.83. The quantitative estimate of drug-likeness (QED) is 0.585. The summed E-state index contributed by atoms with van der Waals surface area (Å²) in [4.78, 5) is 36.0. The highest BCUT2D eigenvalue weighted by molar-refractivity contribution is 6.02. The number of rotatable bonds is 7. The maximum Gasteiger partial charge on any atom is 0.338 e. The van der Waals surface area contributed by atoms with Crippen molar-refractivity contribution in [1.29, 1.82) is 0 Å². The first-order valence-corrected chi connectivity index (χ1v) is 8.35. The van der Waals surface area contributed by atoms with Crippen LogP contribution < -0.4 is 5.32 Å². The van der Waals surface area contributed by atoms with Gasteiger partial charge < -0.3 is 15.2 Å². The number of ketones is 1. The maximum atomic E-state index is 12.4. The van der Waals surface area contributed by atoms with Gasteiger partial charge in [0.25, 0.3) is 0 Å². The molecule has 0 bridgehead atoms. The van der Waals surface area contributed by atoms with Crippen molar-refractivity contribution in [1.82, 2.24) is 0 Å². The Morgan fingerprint density at radius 2 is 1.58 bits per heavy atom. The van der Waals surface area contributed by atoms with Crippen molar-refractivity contribution >= 4 is 23.3 Å². The minimum absolute atomic E-state index is 0.0387. The number of hydrogen-bond donors (Lipinski definition) is 2. The average molecular weight is 355 g/mol. The van der Waals surface area contributed by atoms with E-state index in [1.54, 1.807) is 24.3 Å². The van der Waals surface area contributed by atoms with Crippen LogP contribution in [0.5, 0.6) is 5.75 Å². The van der Waals surface area contributed by atoms with E-state index < -0.39 is 12.1 Å². The Morgan fingerprint density at radius 1 is 1.00 bits per heavy atom. The summed E-state index contributed by atoms with van der Waals surface area (Å²) < 4.78 is 5.18. The van der Waals surface area contributed by atoms with E-state index in [1.807, 2.05) is 6.92 Å². The molecule has 2 aromatic carbocycles. The molecule has 2 N–H and O–H groups in total. The molecule has 0 heterocycles. The number of carbonyl (C=O) groups excluding carboxylic acids is 3. The van der Waals surface area contributed by atoms with Crippen LogP contribution in [0.25, 0.3) is 0 Å². The Kier molecular flexibility index (Phi) is 6.49. The third-order valence-corrected chi connectivity index (χ3v) is 3.69. The van der Waals surface area contributed by atoms with Crippen LogP contribution in [0.4, 0.5) is 5.69 Å². The minimum Gasteiger partial charge on any atom is -0.508 e. The van der Waals surface area contributed by atoms with Crippen molar-refractivity contribution < 1.29 is 24.2 Å². The number of benzene rings is 2. The van der Waals surface area contributed by atoms with Crippen LogP contribution in [0, 0.1) is 0 Å². The van der Waals surface area contributed by atoms with E-state index in [0.717, 1.165) is 6.42 Å². The molecule has 0 aliphatic rings. The monoisotopic (exact) mass is 355 g/mol. The summed E-state index contributed by atoms with van der Waals surface area (Å²) in [5.41, 5.74) is 1.23. The number of amides is 1. The molecule has 6 heteroatoms. The van der Waals surface area contributed by atoms with Crippen LogP contribution in [0.1, 0.15) is 47.4 Å². The first kappa shape index (κ1) is 19.2. The van der Waals surface area contributed by atoms with Crippen molar-refractivity contribution in [3.05, 3.63) is 59.7 Å². The SMILES string of the molecule is CCCC(=O)Nc1ccc(C(=O)C(C)OC(=O)c2ccc(O)cc2)cc1. The van der Waals surface area contributed by atoms with Gasteiger partial charge in [0.05, 0.1) is 5.56 Å². The molecular formula is C20H21NO5. The van der Waals surface area contributed by atoms with Crippen LogP contribution in [0.3, 0.4) is 0 Å². The van der Waals surface area contributed by atoms with E-state index in [2.05, 4.69) is 5.32 Å². The molecule has 6 nitrogen and oxygen atoms in total. The van der Waals surface area contributed by atoms with Gasteiger partial charge >= 0.3 is 5.97 Å². The lowest BCUT2D eigenvalue weighted by atomic mass is 10.1. The molecule has 2 aromatic rings. The first-order chi connectivity index (χ1) is 12.4. The molecule has 136 valence electrons. The lowest BCUT2D eigenvalue weighted by molar-refractivity contribution is -0.116. The topological polar surface area (TPSA) is 92.7 Å². The molecule has 0 aliphatic heterocycles. The van der Waals surface area contributed by atoms with Crippen molar-refractivity contribution in [2.75, 3.05) is 5.32 Å². The van der Waals surface area contributed by atoms with E-state index >= 15 is 0 Å². The van der Waals surface area contributed by atoms with Crippen LogP contribution >= 0.6 is 0 Å². The molecule has 1 unspecified atom stereocenters. The average Bonchev–Trinajstić information content (AvgIpc) is 2.62. The number of phenols is 1. The molecule has 0 radical (unpaired) electrons. The second-order valence-electron chi connectivity index (χ2n) is 5.83. The van der Waals surface area contributed by atoms with Gasteiger partial charge in [-0.2, -0.15) is 0 Å². The molecule has 0 spiro atoms. The van der Waals surface area contributed by atoms with E-state index in [4.69, 9.17) is 4.74 Å². The van der Waals surface area contributed by atoms with Gasteiger partial charge in [0.15, 0.2) is 6.10 Å². The summed E-state index contributed by atoms with van der Waals surface area (Å²) in [5, 5.41) is 12.0. The Labute approximate surface area is 151 Å². The second kappa shape index (κ2) is 8.80. The van der Waals surface area contributed by atoms with E-state index in [9.17, 15) is 19.5 Å². The summed E-state index contributed by atoms with van der Waals surface area (Å²) in [6.45, 7) is 3.42. The molecule has 0 fully saturated rings. The number of aromatic hydroxyl groups is 1. The highest BCUT2D eigenvalue weighted by Gasteiger charge is 2.20. The lowest BCUT2D eigenvalue weighted by Gasteiger charge is -2.13. The van der Waals surface area contributed by atoms with Gasteiger partial charge in [-0.25, -0.2) is 4.79 Å². The number of hydrogen-bond acceptors (Lipinski definition) is 5. The smallest absolute Gasteiger partial charge is 0.338 e. The highest BCUT2D eigenvalue weighted by Crippen LogP contribution is 2.15. The summed E-state index contributed by atoms with van der Waals surface area (Å²) in [6.07, 6.45) is 0.230. The van der Waals surface area contributed by atoms with Gasteiger partial charge in [0, 0.05) is 17.7 Å². The molecule has 26 heavy (non-hydrogen) atoms. The fraction of sp³-hybridized carbons (Fsp3) is 0.250. The van der Waals surface area contributed by atoms with E-state index in [-0.39, 0.29) is 23.0 Å². The van der Waals surface area contributed by atoms with Gasteiger partial charge in [0.1, 0.15) is 5.75 Å². The van der Waals surface area contributed by atoms with Crippen molar-refractivity contribution in [2.24, 2.45) is 0 Å². The highest BCUT2D eigenvalue weighted by atomic mass is 16.5. The van der Waals surface area contributed by atoms with Crippen LogP contribution in [0.15, 0.2) is 48.5 Å². The Bertz CT molecular complexity index is 781. The summed E-state index contributed by atoms with van der Waals surface area (Å²) >= 11 is 0. The fourth-order valence-corrected chi connectivity index (χ4v) is 2.28. The Balaban J connectivity index is 1.98.